The van der Waals surface area contributed by atoms with Gasteiger partial charge in [-0.25, -0.2) is 0 Å². The number of aliphatic hydroxyl groups excluding tert-OH is 1. The van der Waals surface area contributed by atoms with E-state index in [-0.39, 0.29) is 17.2 Å². The van der Waals surface area contributed by atoms with Crippen molar-refractivity contribution in [3.8, 4) is 0 Å². The Morgan fingerprint density at radius 1 is 1.17 bits per heavy atom. The molecule has 0 aliphatic rings. The Balaban J connectivity index is 3.08. The second kappa shape index (κ2) is 5.77. The highest BCUT2D eigenvalue weighted by atomic mass is 16.3. The van der Waals surface area contributed by atoms with Crippen molar-refractivity contribution < 1.29 is 14.7 Å². The third kappa shape index (κ3) is 3.28. The lowest BCUT2D eigenvalue weighted by Gasteiger charge is -2.04. The molecule has 0 heterocycles. The van der Waals surface area contributed by atoms with Gasteiger partial charge in [0.05, 0.1) is 5.57 Å². The van der Waals surface area contributed by atoms with Gasteiger partial charge in [-0.2, -0.15) is 4.99 Å². The van der Waals surface area contributed by atoms with Crippen molar-refractivity contribution in [2.45, 2.75) is 13.8 Å². The highest BCUT2D eigenvalue weighted by Gasteiger charge is 2.14. The molecule has 5 heteroatoms. The second-order valence-corrected chi connectivity index (χ2v) is 3.68. The lowest BCUT2D eigenvalue weighted by atomic mass is 10.1. The number of nitrogens with two attached hydrogens (primary N) is 1. The molecule has 1 aromatic rings. The molecule has 0 radical (unpaired) electrons. The summed E-state index contributed by atoms with van der Waals surface area (Å²) in [7, 11) is 0. The van der Waals surface area contributed by atoms with Gasteiger partial charge in [0, 0.05) is 5.56 Å². The highest BCUT2D eigenvalue weighted by Crippen LogP contribution is 2.06. The summed E-state index contributed by atoms with van der Waals surface area (Å²) < 4.78 is 0. The lowest BCUT2D eigenvalue weighted by Crippen LogP contribution is -2.23. The number of aliphatic hydroxyl groups is 1. The summed E-state index contributed by atoms with van der Waals surface area (Å²) in [6.07, 6.45) is 0. The molecule has 0 aliphatic carbocycles. The first-order chi connectivity index (χ1) is 8.43. The van der Waals surface area contributed by atoms with Crippen molar-refractivity contribution in [3.63, 3.8) is 0 Å². The minimum atomic E-state index is -0.562. The van der Waals surface area contributed by atoms with E-state index >= 15 is 0 Å². The van der Waals surface area contributed by atoms with Crippen LogP contribution in [0.5, 0.6) is 0 Å². The maximum Gasteiger partial charge on any atom is 0.278 e. The number of nitrogens with zero attached hydrogens (tertiary/aromatic N) is 1. The minimum Gasteiger partial charge on any atom is -0.512 e. The normalized spacial score (nSPS) is 12.9. The minimum absolute atomic E-state index is 0.140. The summed E-state index contributed by atoms with van der Waals surface area (Å²) in [6.45, 7) is 2.55. The zero-order valence-corrected chi connectivity index (χ0v) is 10.2. The topological polar surface area (TPSA) is 92.8 Å². The Morgan fingerprint density at radius 2 is 1.72 bits per heavy atom. The van der Waals surface area contributed by atoms with Gasteiger partial charge in [0.25, 0.3) is 5.91 Å². The predicted molar refractivity (Wildman–Crippen MR) is 68.4 cm³/mol. The standard InChI is InChI=1S/C13H14N2O3/c1-8(16)11(9(2)17)12(14)15-13(18)10-6-4-3-5-7-10/h3-7,16H,1-2H3,(H2,14,15,18)/b11-8+. The summed E-state index contributed by atoms with van der Waals surface area (Å²) >= 11 is 0. The molecule has 3 N–H and O–H groups in total. The second-order valence-electron chi connectivity index (χ2n) is 3.68. The predicted octanol–water partition coefficient (Wildman–Crippen LogP) is 1.60. The first-order valence-electron chi connectivity index (χ1n) is 5.28. The first-order valence-corrected chi connectivity index (χ1v) is 5.28. The van der Waals surface area contributed by atoms with Crippen LogP contribution in [0.1, 0.15) is 24.2 Å². The van der Waals surface area contributed by atoms with Crippen molar-refractivity contribution in [2.75, 3.05) is 0 Å². The van der Waals surface area contributed by atoms with E-state index in [9.17, 15) is 14.7 Å². The van der Waals surface area contributed by atoms with Gasteiger partial charge >= 0.3 is 0 Å². The van der Waals surface area contributed by atoms with Crippen molar-refractivity contribution in [2.24, 2.45) is 10.7 Å². The molecule has 0 aromatic heterocycles. The van der Waals surface area contributed by atoms with E-state index in [1.807, 2.05) is 0 Å². The van der Waals surface area contributed by atoms with E-state index in [4.69, 9.17) is 5.73 Å². The maximum atomic E-state index is 11.7. The van der Waals surface area contributed by atoms with Gasteiger partial charge in [-0.15, -0.1) is 0 Å². The van der Waals surface area contributed by atoms with Crippen molar-refractivity contribution >= 4 is 17.5 Å². The van der Waals surface area contributed by atoms with Crippen LogP contribution in [0.4, 0.5) is 0 Å². The highest BCUT2D eigenvalue weighted by molar-refractivity contribution is 6.23. The number of amides is 1. The number of aliphatic imine (C=N–C) groups is 1. The van der Waals surface area contributed by atoms with E-state index in [1.165, 1.54) is 13.8 Å². The van der Waals surface area contributed by atoms with Gasteiger partial charge in [-0.05, 0) is 26.0 Å². The van der Waals surface area contributed by atoms with Gasteiger partial charge in [0.2, 0.25) is 0 Å². The number of allylic oxidation sites excluding steroid dienone is 1. The number of Topliss-reactive ketones (excluding diaryl/α,β-unsaturated/α-hetero) is 1. The molecule has 5 nitrogen and oxygen atoms in total. The summed E-state index contributed by atoms with van der Waals surface area (Å²) in [5.41, 5.74) is 5.77. The van der Waals surface area contributed by atoms with Crippen LogP contribution >= 0.6 is 0 Å². The van der Waals surface area contributed by atoms with Crippen molar-refractivity contribution in [1.82, 2.24) is 0 Å². The zero-order chi connectivity index (χ0) is 13.7. The Hall–Kier alpha value is -2.43. The summed E-state index contributed by atoms with van der Waals surface area (Å²) in [5, 5.41) is 9.32. The van der Waals surface area contributed by atoms with Crippen LogP contribution in [0.2, 0.25) is 0 Å². The van der Waals surface area contributed by atoms with Gasteiger partial charge in [0.15, 0.2) is 5.78 Å². The molecule has 1 aromatic carbocycles. The van der Waals surface area contributed by atoms with Gasteiger partial charge in [-0.1, -0.05) is 18.2 Å². The molecule has 0 spiro atoms. The van der Waals surface area contributed by atoms with Gasteiger partial charge < -0.3 is 10.8 Å². The number of ketones is 1. The largest absolute Gasteiger partial charge is 0.512 e. The molecule has 0 aliphatic heterocycles. The number of hydrogen-bond donors (Lipinski definition) is 2. The Labute approximate surface area is 105 Å². The van der Waals surface area contributed by atoms with Crippen LogP contribution in [-0.2, 0) is 4.79 Å². The number of rotatable bonds is 3. The van der Waals surface area contributed by atoms with E-state index < -0.39 is 11.7 Å². The fraction of sp³-hybridized carbons (Fsp3) is 0.154. The number of carbonyl (C=O) groups is 2. The van der Waals surface area contributed by atoms with E-state index in [0.29, 0.717) is 5.56 Å². The van der Waals surface area contributed by atoms with Crippen LogP contribution in [0, 0.1) is 0 Å². The van der Waals surface area contributed by atoms with Crippen LogP contribution in [0.25, 0.3) is 0 Å². The van der Waals surface area contributed by atoms with E-state index in [0.717, 1.165) is 0 Å². The fourth-order valence-corrected chi connectivity index (χ4v) is 1.43. The summed E-state index contributed by atoms with van der Waals surface area (Å²) in [5.74, 6) is -1.55. The zero-order valence-electron chi connectivity index (χ0n) is 10.2. The van der Waals surface area contributed by atoms with E-state index in [2.05, 4.69) is 4.99 Å². The number of hydrogen-bond acceptors (Lipinski definition) is 3. The quantitative estimate of drug-likeness (QED) is 0.366. The van der Waals surface area contributed by atoms with Crippen LogP contribution < -0.4 is 5.73 Å². The third-order valence-electron chi connectivity index (χ3n) is 2.21. The molecular weight excluding hydrogens is 232 g/mol. The van der Waals surface area contributed by atoms with Crippen LogP contribution in [-0.4, -0.2) is 22.6 Å². The molecule has 0 saturated heterocycles. The molecule has 0 atom stereocenters. The Morgan fingerprint density at radius 3 is 2.17 bits per heavy atom. The lowest BCUT2D eigenvalue weighted by molar-refractivity contribution is -0.113. The molecule has 0 bridgehead atoms. The first kappa shape index (κ1) is 13.6. The van der Waals surface area contributed by atoms with Gasteiger partial charge in [-0.3, -0.25) is 9.59 Å². The summed E-state index contributed by atoms with van der Waals surface area (Å²) in [4.78, 5) is 26.6. The van der Waals surface area contributed by atoms with Gasteiger partial charge in [0.1, 0.15) is 11.6 Å². The number of benzene rings is 1. The molecule has 18 heavy (non-hydrogen) atoms. The van der Waals surface area contributed by atoms with Crippen LogP contribution in [0.3, 0.4) is 0 Å². The van der Waals surface area contributed by atoms with E-state index in [1.54, 1.807) is 30.3 Å². The molecule has 0 fully saturated rings. The Kier molecular flexibility index (Phi) is 4.37. The monoisotopic (exact) mass is 246 g/mol. The molecule has 1 amide bonds. The fourth-order valence-electron chi connectivity index (χ4n) is 1.43. The van der Waals surface area contributed by atoms with Crippen molar-refractivity contribution in [3.05, 3.63) is 47.2 Å². The average molecular weight is 246 g/mol. The SMILES string of the molecule is CC(=O)/C(C(N)=NC(=O)c1ccccc1)=C(/C)O. The molecular formula is C13H14N2O3. The number of carbonyl (C=O) groups excluding carboxylic acids is 2. The van der Waals surface area contributed by atoms with Crippen molar-refractivity contribution in [1.29, 1.82) is 0 Å². The smallest absolute Gasteiger partial charge is 0.278 e. The summed E-state index contributed by atoms with van der Waals surface area (Å²) in [6, 6.07) is 8.32. The molecule has 94 valence electrons. The molecule has 1 rings (SSSR count). The average Bonchev–Trinajstić information content (AvgIpc) is 2.28. The maximum absolute atomic E-state index is 11.7. The third-order valence-corrected chi connectivity index (χ3v) is 2.21. The number of amidine groups is 1. The molecule has 0 saturated carbocycles. The molecule has 0 unspecified atom stereocenters. The Bertz CT molecular complexity index is 526. The van der Waals surface area contributed by atoms with Crippen LogP contribution in [0.15, 0.2) is 46.7 Å².